The molecule has 0 fully saturated rings. The van der Waals surface area contributed by atoms with Crippen LogP contribution in [0.2, 0.25) is 0 Å². The predicted molar refractivity (Wildman–Crippen MR) is 50.7 cm³/mol. The minimum atomic E-state index is 0.571. The van der Waals surface area contributed by atoms with Crippen molar-refractivity contribution in [1.82, 2.24) is 5.32 Å². The van der Waals surface area contributed by atoms with Gasteiger partial charge in [-0.1, -0.05) is 34.2 Å². The van der Waals surface area contributed by atoms with E-state index in [9.17, 15) is 0 Å². The zero-order valence-electron chi connectivity index (χ0n) is 6.39. The van der Waals surface area contributed by atoms with Gasteiger partial charge in [0.15, 0.2) is 0 Å². The van der Waals surface area contributed by atoms with Gasteiger partial charge in [0.25, 0.3) is 0 Å². The minimum absolute atomic E-state index is 0.571. The van der Waals surface area contributed by atoms with Crippen LogP contribution in [0.4, 0.5) is 0 Å². The number of hydrogen-bond donors (Lipinski definition) is 1. The van der Waals surface area contributed by atoms with Crippen molar-refractivity contribution in [2.75, 3.05) is 0 Å². The number of nitrogens with one attached hydrogen (secondary N) is 1. The molecule has 60 valence electrons. The fourth-order valence-electron chi connectivity index (χ4n) is 1.72. The molecule has 0 aromatic heterocycles. The second-order valence-electron chi connectivity index (χ2n) is 3.23. The second kappa shape index (κ2) is 3.11. The topological polar surface area (TPSA) is 12.0 Å². The molecule has 0 saturated carbocycles. The van der Waals surface area contributed by atoms with E-state index in [2.05, 4.69) is 39.5 Å². The molecule has 2 rings (SSSR count). The Labute approximate surface area is 75.7 Å². The summed E-state index contributed by atoms with van der Waals surface area (Å²) in [4.78, 5) is 0. The van der Waals surface area contributed by atoms with Gasteiger partial charge >= 0.3 is 0 Å². The summed E-state index contributed by atoms with van der Waals surface area (Å²) < 4.78 is 1.37. The van der Waals surface area contributed by atoms with E-state index in [-0.39, 0.29) is 0 Å². The monoisotopic (exact) mass is 213 g/mol. The molecule has 2 bridgehead atoms. The summed E-state index contributed by atoms with van der Waals surface area (Å²) in [5, 5.41) is 3.58. The number of halogens is 1. The summed E-state index contributed by atoms with van der Waals surface area (Å²) >= 11 is 3.57. The quantitative estimate of drug-likeness (QED) is 0.610. The van der Waals surface area contributed by atoms with E-state index >= 15 is 0 Å². The molecular formula is C9H12BrN. The Hall–Kier alpha value is -0.0800. The number of hydrogen-bond acceptors (Lipinski definition) is 1. The van der Waals surface area contributed by atoms with E-state index in [1.54, 1.807) is 0 Å². The molecule has 0 unspecified atom stereocenters. The number of fused-ring (bicyclic) bond motifs is 2. The second-order valence-corrected chi connectivity index (χ2v) is 4.25. The van der Waals surface area contributed by atoms with Crippen molar-refractivity contribution in [2.45, 2.75) is 31.3 Å². The molecule has 0 amide bonds. The first kappa shape index (κ1) is 7.56. The van der Waals surface area contributed by atoms with Crippen LogP contribution in [0.5, 0.6) is 0 Å². The molecule has 0 aromatic carbocycles. The summed E-state index contributed by atoms with van der Waals surface area (Å²) in [5.41, 5.74) is 0. The Bertz CT molecular complexity index is 208. The highest BCUT2D eigenvalue weighted by molar-refractivity contribution is 9.11. The molecule has 1 nitrogen and oxygen atoms in total. The Morgan fingerprint density at radius 3 is 3.09 bits per heavy atom. The molecule has 0 aliphatic carbocycles. The van der Waals surface area contributed by atoms with Crippen LogP contribution in [0.15, 0.2) is 22.7 Å². The van der Waals surface area contributed by atoms with Crippen LogP contribution >= 0.6 is 15.9 Å². The normalized spacial score (nSPS) is 36.3. The highest BCUT2D eigenvalue weighted by Gasteiger charge is 2.20. The third-order valence-electron chi connectivity index (χ3n) is 2.25. The lowest BCUT2D eigenvalue weighted by molar-refractivity contribution is 0.464. The molecule has 0 saturated heterocycles. The van der Waals surface area contributed by atoms with Gasteiger partial charge in [-0.3, -0.25) is 0 Å². The highest BCUT2D eigenvalue weighted by Crippen LogP contribution is 2.24. The average Bonchev–Trinajstić information content (AvgIpc) is 2.11. The van der Waals surface area contributed by atoms with Gasteiger partial charge in [0.05, 0.1) is 0 Å². The lowest BCUT2D eigenvalue weighted by Gasteiger charge is -2.25. The molecular weight excluding hydrogens is 202 g/mol. The fourth-order valence-corrected chi connectivity index (χ4v) is 2.43. The average molecular weight is 214 g/mol. The van der Waals surface area contributed by atoms with Crippen LogP contribution in [-0.2, 0) is 0 Å². The maximum absolute atomic E-state index is 3.58. The van der Waals surface area contributed by atoms with Gasteiger partial charge < -0.3 is 5.32 Å². The molecule has 2 heterocycles. The van der Waals surface area contributed by atoms with Crippen molar-refractivity contribution in [2.24, 2.45) is 0 Å². The molecule has 1 N–H and O–H groups in total. The van der Waals surface area contributed by atoms with Crippen LogP contribution in [0, 0.1) is 0 Å². The maximum atomic E-state index is 3.58. The lowest BCUT2D eigenvalue weighted by Crippen LogP contribution is -2.38. The van der Waals surface area contributed by atoms with Crippen LogP contribution in [0.3, 0.4) is 0 Å². The van der Waals surface area contributed by atoms with E-state index in [0.717, 1.165) is 12.8 Å². The molecule has 11 heavy (non-hydrogen) atoms. The maximum Gasteiger partial charge on any atom is 0.0298 e. The Morgan fingerprint density at radius 1 is 1.36 bits per heavy atom. The van der Waals surface area contributed by atoms with Crippen LogP contribution in [0.1, 0.15) is 19.3 Å². The Kier molecular flexibility index (Phi) is 2.14. The summed E-state index contributed by atoms with van der Waals surface area (Å²) in [6.07, 6.45) is 10.3. The first-order valence-corrected chi connectivity index (χ1v) is 4.91. The van der Waals surface area contributed by atoms with Gasteiger partial charge in [-0.15, -0.1) is 0 Å². The molecule has 2 aliphatic rings. The van der Waals surface area contributed by atoms with Crippen LogP contribution in [0.25, 0.3) is 0 Å². The van der Waals surface area contributed by atoms with E-state index in [0.29, 0.717) is 12.1 Å². The molecule has 2 aliphatic heterocycles. The zero-order valence-corrected chi connectivity index (χ0v) is 7.97. The van der Waals surface area contributed by atoms with Gasteiger partial charge in [0.1, 0.15) is 0 Å². The van der Waals surface area contributed by atoms with E-state index in [1.807, 2.05) is 0 Å². The predicted octanol–water partition coefficient (Wildman–Crippen LogP) is 2.35. The number of rotatable bonds is 0. The Morgan fingerprint density at radius 2 is 2.18 bits per heavy atom. The van der Waals surface area contributed by atoms with Gasteiger partial charge in [-0.2, -0.15) is 0 Å². The molecule has 0 spiro atoms. The smallest absolute Gasteiger partial charge is 0.0298 e. The van der Waals surface area contributed by atoms with E-state index < -0.39 is 0 Å². The molecule has 2 atom stereocenters. The fraction of sp³-hybridized carbons (Fsp3) is 0.556. The SMILES string of the molecule is BrC1=C[C@@H]2CC=CC[C@@H](C1)N2. The zero-order chi connectivity index (χ0) is 7.68. The van der Waals surface area contributed by atoms with Gasteiger partial charge in [-0.05, 0) is 23.7 Å². The Balaban J connectivity index is 2.17. The van der Waals surface area contributed by atoms with Crippen LogP contribution in [-0.4, -0.2) is 12.1 Å². The van der Waals surface area contributed by atoms with Crippen LogP contribution < -0.4 is 5.32 Å². The largest absolute Gasteiger partial charge is 0.307 e. The van der Waals surface area contributed by atoms with Crippen molar-refractivity contribution >= 4 is 15.9 Å². The van der Waals surface area contributed by atoms with Crippen molar-refractivity contribution in [3.8, 4) is 0 Å². The van der Waals surface area contributed by atoms with Crippen molar-refractivity contribution in [1.29, 1.82) is 0 Å². The van der Waals surface area contributed by atoms with E-state index in [1.165, 1.54) is 10.9 Å². The molecule has 0 aromatic rings. The standard InChI is InChI=1S/C9H12BrN/c10-7-5-8-3-1-2-4-9(6-7)11-8/h1-2,5,8-9,11H,3-4,6H2/t8-,9-/m0/s1. The van der Waals surface area contributed by atoms with Gasteiger partial charge in [0, 0.05) is 12.1 Å². The van der Waals surface area contributed by atoms with Crippen molar-refractivity contribution in [3.63, 3.8) is 0 Å². The van der Waals surface area contributed by atoms with Gasteiger partial charge in [0.2, 0.25) is 0 Å². The summed E-state index contributed by atoms with van der Waals surface area (Å²) in [7, 11) is 0. The van der Waals surface area contributed by atoms with Gasteiger partial charge in [-0.25, -0.2) is 0 Å². The third-order valence-corrected chi connectivity index (χ3v) is 2.84. The summed E-state index contributed by atoms with van der Waals surface area (Å²) in [6.45, 7) is 0. The lowest BCUT2D eigenvalue weighted by atomic mass is 10.0. The first-order chi connectivity index (χ1) is 5.34. The third kappa shape index (κ3) is 1.74. The van der Waals surface area contributed by atoms with E-state index in [4.69, 9.17) is 0 Å². The molecule has 0 radical (unpaired) electrons. The summed E-state index contributed by atoms with van der Waals surface area (Å²) in [6, 6.07) is 1.24. The van der Waals surface area contributed by atoms with Crippen molar-refractivity contribution < 1.29 is 0 Å². The molecule has 2 heteroatoms. The van der Waals surface area contributed by atoms with Crippen molar-refractivity contribution in [3.05, 3.63) is 22.7 Å². The highest BCUT2D eigenvalue weighted by atomic mass is 79.9. The summed E-state index contributed by atoms with van der Waals surface area (Å²) in [5.74, 6) is 0. The minimum Gasteiger partial charge on any atom is -0.307 e. The first-order valence-electron chi connectivity index (χ1n) is 4.12.